The van der Waals surface area contributed by atoms with Gasteiger partial charge in [0, 0.05) is 12.0 Å². The summed E-state index contributed by atoms with van der Waals surface area (Å²) in [5.74, 6) is -0.758. The Morgan fingerprint density at radius 2 is 1.94 bits per heavy atom. The number of methoxy groups -OCH3 is 1. The molecule has 0 bridgehead atoms. The molecule has 1 aromatic rings. The average molecular weight is 231 g/mol. The lowest BCUT2D eigenvalue weighted by molar-refractivity contribution is -0.117. The van der Waals surface area contributed by atoms with E-state index in [9.17, 15) is 9.59 Å². The molecule has 4 nitrogen and oxygen atoms in total. The van der Waals surface area contributed by atoms with Crippen molar-refractivity contribution >= 4 is 11.6 Å². The van der Waals surface area contributed by atoms with E-state index in [1.807, 2.05) is 6.07 Å². The van der Waals surface area contributed by atoms with Crippen molar-refractivity contribution in [1.29, 1.82) is 5.26 Å². The zero-order valence-electron chi connectivity index (χ0n) is 9.77. The first-order valence-corrected chi connectivity index (χ1v) is 5.15. The standard InChI is InChI=1S/C13H13NO3/c1-9(15)7-11(8-14)13(16)10-3-5-12(17-2)6-4-10/h3-6,11H,7H2,1-2H3. The van der Waals surface area contributed by atoms with Crippen molar-refractivity contribution in [3.05, 3.63) is 29.8 Å². The lowest BCUT2D eigenvalue weighted by atomic mass is 9.94. The SMILES string of the molecule is COc1ccc(C(=O)C(C#N)CC(C)=O)cc1. The summed E-state index contributed by atoms with van der Waals surface area (Å²) in [4.78, 5) is 22.8. The van der Waals surface area contributed by atoms with Crippen LogP contribution in [0.1, 0.15) is 23.7 Å². The number of ketones is 2. The molecule has 0 heterocycles. The van der Waals surface area contributed by atoms with E-state index < -0.39 is 5.92 Å². The minimum absolute atomic E-state index is 0.0403. The van der Waals surface area contributed by atoms with Crippen LogP contribution in [0.3, 0.4) is 0 Å². The van der Waals surface area contributed by atoms with Crippen LogP contribution in [-0.4, -0.2) is 18.7 Å². The van der Waals surface area contributed by atoms with E-state index in [1.54, 1.807) is 24.3 Å². The van der Waals surface area contributed by atoms with E-state index in [-0.39, 0.29) is 18.0 Å². The van der Waals surface area contributed by atoms with Gasteiger partial charge < -0.3 is 4.74 Å². The van der Waals surface area contributed by atoms with Crippen molar-refractivity contribution in [2.24, 2.45) is 5.92 Å². The number of carbonyl (C=O) groups is 2. The molecule has 1 rings (SSSR count). The van der Waals surface area contributed by atoms with E-state index in [2.05, 4.69) is 0 Å². The summed E-state index contributed by atoms with van der Waals surface area (Å²) < 4.78 is 4.97. The van der Waals surface area contributed by atoms with Gasteiger partial charge in [-0.2, -0.15) is 5.26 Å². The molecule has 0 amide bonds. The second-order valence-electron chi connectivity index (χ2n) is 3.68. The number of hydrogen-bond acceptors (Lipinski definition) is 4. The van der Waals surface area contributed by atoms with Crippen LogP contribution in [0.25, 0.3) is 0 Å². The van der Waals surface area contributed by atoms with Crippen molar-refractivity contribution in [2.45, 2.75) is 13.3 Å². The van der Waals surface area contributed by atoms with Crippen molar-refractivity contribution in [1.82, 2.24) is 0 Å². The molecule has 0 aliphatic heterocycles. The third-order valence-corrected chi connectivity index (χ3v) is 2.34. The fraction of sp³-hybridized carbons (Fsp3) is 0.308. The summed E-state index contributed by atoms with van der Waals surface area (Å²) in [6, 6.07) is 8.33. The van der Waals surface area contributed by atoms with Gasteiger partial charge in [0.25, 0.3) is 0 Å². The largest absolute Gasteiger partial charge is 0.497 e. The lowest BCUT2D eigenvalue weighted by Gasteiger charge is -2.06. The van der Waals surface area contributed by atoms with E-state index in [0.29, 0.717) is 11.3 Å². The third kappa shape index (κ3) is 3.42. The first-order chi connectivity index (χ1) is 8.08. The van der Waals surface area contributed by atoms with Crippen LogP contribution in [0.4, 0.5) is 0 Å². The van der Waals surface area contributed by atoms with Crippen LogP contribution in [0, 0.1) is 17.2 Å². The summed E-state index contributed by atoms with van der Waals surface area (Å²) in [6.45, 7) is 1.37. The van der Waals surface area contributed by atoms with Crippen LogP contribution >= 0.6 is 0 Å². The Balaban J connectivity index is 2.87. The smallest absolute Gasteiger partial charge is 0.180 e. The van der Waals surface area contributed by atoms with E-state index in [0.717, 1.165) is 0 Å². The lowest BCUT2D eigenvalue weighted by Crippen LogP contribution is -2.15. The molecule has 0 aliphatic rings. The van der Waals surface area contributed by atoms with Gasteiger partial charge in [-0.25, -0.2) is 0 Å². The molecule has 17 heavy (non-hydrogen) atoms. The Morgan fingerprint density at radius 1 is 1.35 bits per heavy atom. The Kier molecular flexibility index (Phi) is 4.41. The number of ether oxygens (including phenoxy) is 1. The van der Waals surface area contributed by atoms with Crippen molar-refractivity contribution < 1.29 is 14.3 Å². The quantitative estimate of drug-likeness (QED) is 0.727. The molecule has 4 heteroatoms. The number of carbonyl (C=O) groups excluding carboxylic acids is 2. The van der Waals surface area contributed by atoms with Crippen molar-refractivity contribution in [2.75, 3.05) is 7.11 Å². The highest BCUT2D eigenvalue weighted by atomic mass is 16.5. The van der Waals surface area contributed by atoms with Crippen molar-refractivity contribution in [3.8, 4) is 11.8 Å². The molecule has 0 spiro atoms. The number of hydrogen-bond donors (Lipinski definition) is 0. The molecule has 88 valence electrons. The zero-order chi connectivity index (χ0) is 12.8. The molecular weight excluding hydrogens is 218 g/mol. The maximum atomic E-state index is 11.9. The van der Waals surface area contributed by atoms with Crippen LogP contribution in [0.15, 0.2) is 24.3 Å². The summed E-state index contributed by atoms with van der Waals surface area (Å²) in [6.07, 6.45) is -0.0403. The molecule has 0 radical (unpaired) electrons. The summed E-state index contributed by atoms with van der Waals surface area (Å²) >= 11 is 0. The number of nitriles is 1. The minimum Gasteiger partial charge on any atom is -0.497 e. The van der Waals surface area contributed by atoms with Gasteiger partial charge in [-0.1, -0.05) is 0 Å². The second-order valence-corrected chi connectivity index (χ2v) is 3.68. The molecule has 1 unspecified atom stereocenters. The van der Waals surface area contributed by atoms with Gasteiger partial charge in [0.2, 0.25) is 0 Å². The summed E-state index contributed by atoms with van der Waals surface area (Å²) in [5, 5.41) is 8.86. The maximum absolute atomic E-state index is 11.9. The number of Topliss-reactive ketones (excluding diaryl/α,β-unsaturated/α-hetero) is 2. The van der Waals surface area contributed by atoms with Gasteiger partial charge in [-0.05, 0) is 31.2 Å². The average Bonchev–Trinajstić information content (AvgIpc) is 2.35. The van der Waals surface area contributed by atoms with E-state index >= 15 is 0 Å². The fourth-order valence-corrected chi connectivity index (χ4v) is 1.44. The van der Waals surface area contributed by atoms with Gasteiger partial charge in [-0.3, -0.25) is 9.59 Å². The molecule has 0 saturated heterocycles. The van der Waals surface area contributed by atoms with Crippen LogP contribution < -0.4 is 4.74 Å². The molecule has 0 fully saturated rings. The van der Waals surface area contributed by atoms with Crippen molar-refractivity contribution in [3.63, 3.8) is 0 Å². The number of benzene rings is 1. The highest BCUT2D eigenvalue weighted by Crippen LogP contribution is 2.16. The molecule has 0 saturated carbocycles. The molecule has 0 aliphatic carbocycles. The molecule has 1 aromatic carbocycles. The number of nitrogens with zero attached hydrogens (tertiary/aromatic N) is 1. The molecule has 0 aromatic heterocycles. The summed E-state index contributed by atoms with van der Waals surface area (Å²) in [7, 11) is 1.53. The Morgan fingerprint density at radius 3 is 2.35 bits per heavy atom. The molecule has 1 atom stereocenters. The highest BCUT2D eigenvalue weighted by Gasteiger charge is 2.21. The van der Waals surface area contributed by atoms with Crippen LogP contribution in [0.2, 0.25) is 0 Å². The Hall–Kier alpha value is -2.15. The highest BCUT2D eigenvalue weighted by molar-refractivity contribution is 6.01. The predicted molar refractivity (Wildman–Crippen MR) is 61.7 cm³/mol. The van der Waals surface area contributed by atoms with Crippen LogP contribution in [0.5, 0.6) is 5.75 Å². The van der Waals surface area contributed by atoms with Gasteiger partial charge in [0.1, 0.15) is 17.5 Å². The van der Waals surface area contributed by atoms with Gasteiger partial charge in [0.15, 0.2) is 5.78 Å². The van der Waals surface area contributed by atoms with Gasteiger partial charge >= 0.3 is 0 Å². The second kappa shape index (κ2) is 5.80. The van der Waals surface area contributed by atoms with Gasteiger partial charge in [-0.15, -0.1) is 0 Å². The van der Waals surface area contributed by atoms with E-state index in [1.165, 1.54) is 14.0 Å². The number of rotatable bonds is 5. The summed E-state index contributed by atoms with van der Waals surface area (Å²) in [5.41, 5.74) is 0.415. The predicted octanol–water partition coefficient (Wildman–Crippen LogP) is 2.00. The topological polar surface area (TPSA) is 67.2 Å². The zero-order valence-corrected chi connectivity index (χ0v) is 9.77. The first-order valence-electron chi connectivity index (χ1n) is 5.15. The first kappa shape index (κ1) is 12.9. The third-order valence-electron chi connectivity index (χ3n) is 2.34. The molecular formula is C13H13NO3. The fourth-order valence-electron chi connectivity index (χ4n) is 1.44. The van der Waals surface area contributed by atoms with Crippen LogP contribution in [-0.2, 0) is 4.79 Å². The normalized spacial score (nSPS) is 11.4. The minimum atomic E-state index is -0.902. The molecule has 0 N–H and O–H groups in total. The van der Waals surface area contributed by atoms with E-state index in [4.69, 9.17) is 10.00 Å². The maximum Gasteiger partial charge on any atom is 0.180 e. The monoisotopic (exact) mass is 231 g/mol. The Bertz CT molecular complexity index is 457. The van der Waals surface area contributed by atoms with Gasteiger partial charge in [0.05, 0.1) is 13.2 Å². The Labute approximate surface area is 99.8 Å².